The van der Waals surface area contributed by atoms with Crippen LogP contribution in [0.5, 0.6) is 0 Å². The van der Waals surface area contributed by atoms with Crippen LogP contribution >= 0.6 is 10.6 Å². The molecule has 8 heteroatoms. The Balaban J connectivity index is 1.52. The zero-order valence-electron chi connectivity index (χ0n) is 15.0. The van der Waals surface area contributed by atoms with Gasteiger partial charge in [0.25, 0.3) is 0 Å². The van der Waals surface area contributed by atoms with E-state index in [0.717, 1.165) is 22.3 Å². The van der Waals surface area contributed by atoms with Gasteiger partial charge in [-0.3, -0.25) is 23.6 Å². The first kappa shape index (κ1) is 18.2. The maximum absolute atomic E-state index is 12.3. The number of benzene rings is 1. The van der Waals surface area contributed by atoms with Gasteiger partial charge in [0.2, 0.25) is 5.91 Å². The van der Waals surface area contributed by atoms with Crippen molar-refractivity contribution in [3.63, 3.8) is 0 Å². The second-order valence-corrected chi connectivity index (χ2v) is 8.23. The van der Waals surface area contributed by atoms with E-state index in [4.69, 9.17) is 0 Å². The standard InChI is InChI=1S/C20H18N4O3S/c1-24-13-16(12-22-24)18-6-8-21-11-15(18)3-5-20(25)23-17-4-2-14-7-9-28(26,27)19(14)10-17/h2-13,26-27H,1H3,(H,23,25). The van der Waals surface area contributed by atoms with Gasteiger partial charge in [0.1, 0.15) is 0 Å². The molecule has 1 amide bonds. The predicted octanol–water partition coefficient (Wildman–Crippen LogP) is 4.23. The lowest BCUT2D eigenvalue weighted by Crippen LogP contribution is -2.08. The van der Waals surface area contributed by atoms with Crippen molar-refractivity contribution in [2.45, 2.75) is 4.90 Å². The van der Waals surface area contributed by atoms with Gasteiger partial charge >= 0.3 is 0 Å². The molecule has 1 aliphatic rings. The number of hydrogen-bond donors (Lipinski definition) is 3. The molecule has 2 aromatic heterocycles. The van der Waals surface area contributed by atoms with Crippen LogP contribution in [0, 0.1) is 0 Å². The summed E-state index contributed by atoms with van der Waals surface area (Å²) in [7, 11) is -1.08. The van der Waals surface area contributed by atoms with E-state index in [-0.39, 0.29) is 5.91 Å². The van der Waals surface area contributed by atoms with E-state index >= 15 is 0 Å². The Labute approximate surface area is 163 Å². The Morgan fingerprint density at radius 3 is 2.89 bits per heavy atom. The van der Waals surface area contributed by atoms with Crippen molar-refractivity contribution in [2.75, 3.05) is 5.32 Å². The number of carbonyl (C=O) groups excluding carboxylic acids is 1. The van der Waals surface area contributed by atoms with Crippen LogP contribution in [-0.2, 0) is 11.8 Å². The smallest absolute Gasteiger partial charge is 0.248 e. The molecule has 142 valence electrons. The largest absolute Gasteiger partial charge is 0.322 e. The molecule has 0 atom stereocenters. The molecule has 1 aliphatic heterocycles. The van der Waals surface area contributed by atoms with Crippen molar-refractivity contribution in [3.05, 3.63) is 71.7 Å². The third-order valence-electron chi connectivity index (χ3n) is 4.32. The number of carbonyl (C=O) groups is 1. The van der Waals surface area contributed by atoms with Crippen molar-refractivity contribution in [3.8, 4) is 11.1 Å². The van der Waals surface area contributed by atoms with Crippen LogP contribution in [0.3, 0.4) is 0 Å². The quantitative estimate of drug-likeness (QED) is 0.575. The highest BCUT2D eigenvalue weighted by Gasteiger charge is 2.21. The van der Waals surface area contributed by atoms with Crippen LogP contribution in [0.1, 0.15) is 11.1 Å². The van der Waals surface area contributed by atoms with Crippen molar-refractivity contribution in [1.82, 2.24) is 14.8 Å². The first-order chi connectivity index (χ1) is 13.4. The number of pyridine rings is 1. The fourth-order valence-corrected chi connectivity index (χ4v) is 4.23. The lowest BCUT2D eigenvalue weighted by Gasteiger charge is -2.25. The fourth-order valence-electron chi connectivity index (χ4n) is 2.96. The molecule has 4 rings (SSSR count). The molecule has 0 unspecified atom stereocenters. The maximum Gasteiger partial charge on any atom is 0.248 e. The van der Waals surface area contributed by atoms with Crippen molar-refractivity contribution < 1.29 is 13.9 Å². The van der Waals surface area contributed by atoms with Gasteiger partial charge in [0, 0.05) is 53.9 Å². The number of hydrogen-bond acceptors (Lipinski definition) is 5. The van der Waals surface area contributed by atoms with Crippen molar-refractivity contribution in [2.24, 2.45) is 7.05 Å². The summed E-state index contributed by atoms with van der Waals surface area (Å²) in [5, 5.41) is 8.30. The minimum absolute atomic E-state index is 0.330. The molecule has 3 aromatic rings. The molecule has 0 fully saturated rings. The number of aromatic nitrogens is 3. The van der Waals surface area contributed by atoms with Gasteiger partial charge < -0.3 is 5.32 Å². The van der Waals surface area contributed by atoms with Crippen LogP contribution in [0.25, 0.3) is 23.3 Å². The normalized spacial score (nSPS) is 15.5. The molecule has 0 radical (unpaired) electrons. The first-order valence-corrected chi connectivity index (χ1v) is 10.1. The highest BCUT2D eigenvalue weighted by atomic mass is 32.3. The minimum Gasteiger partial charge on any atom is -0.322 e. The number of rotatable bonds is 4. The molecule has 0 aliphatic carbocycles. The first-order valence-electron chi connectivity index (χ1n) is 8.45. The molecule has 1 aromatic carbocycles. The lowest BCUT2D eigenvalue weighted by atomic mass is 10.0. The van der Waals surface area contributed by atoms with E-state index in [1.807, 2.05) is 19.3 Å². The molecule has 0 bridgehead atoms. The molecule has 3 N–H and O–H groups in total. The molecular formula is C20H18N4O3S. The van der Waals surface area contributed by atoms with Crippen molar-refractivity contribution in [1.29, 1.82) is 0 Å². The second kappa shape index (κ2) is 7.08. The van der Waals surface area contributed by atoms with Gasteiger partial charge in [-0.1, -0.05) is 6.07 Å². The zero-order chi connectivity index (χ0) is 19.7. The summed E-state index contributed by atoms with van der Waals surface area (Å²) >= 11 is 0. The molecule has 0 saturated carbocycles. The monoisotopic (exact) mass is 394 g/mol. The van der Waals surface area contributed by atoms with Crippen LogP contribution in [0.2, 0.25) is 0 Å². The Morgan fingerprint density at radius 2 is 2.11 bits per heavy atom. The van der Waals surface area contributed by atoms with Crippen LogP contribution in [-0.4, -0.2) is 29.8 Å². The number of nitrogens with one attached hydrogen (secondary N) is 1. The third-order valence-corrected chi connectivity index (χ3v) is 5.84. The van der Waals surface area contributed by atoms with Gasteiger partial charge in [-0.25, -0.2) is 0 Å². The second-order valence-electron chi connectivity index (χ2n) is 6.34. The van der Waals surface area contributed by atoms with Gasteiger partial charge in [-0.05, 0) is 41.5 Å². The van der Waals surface area contributed by atoms with Gasteiger partial charge in [0.05, 0.1) is 11.1 Å². The molecular weight excluding hydrogens is 376 g/mol. The Hall–Kier alpha value is -3.20. The highest BCUT2D eigenvalue weighted by Crippen LogP contribution is 2.56. The SMILES string of the molecule is Cn1cc(-c2ccncc2C=CC(=O)Nc2ccc3c(c2)S(O)(O)C=C3)cn1. The lowest BCUT2D eigenvalue weighted by molar-refractivity contribution is -0.111. The topological polar surface area (TPSA) is 100 Å². The molecule has 3 heterocycles. The van der Waals surface area contributed by atoms with E-state index < -0.39 is 10.6 Å². The van der Waals surface area contributed by atoms with E-state index in [1.165, 1.54) is 11.5 Å². The van der Waals surface area contributed by atoms with Crippen LogP contribution in [0.4, 0.5) is 5.69 Å². The molecule has 7 nitrogen and oxygen atoms in total. The molecule has 0 saturated heterocycles. The van der Waals surface area contributed by atoms with E-state index in [0.29, 0.717) is 10.6 Å². The summed E-state index contributed by atoms with van der Waals surface area (Å²) in [6.45, 7) is 0. The minimum atomic E-state index is -2.92. The predicted molar refractivity (Wildman–Crippen MR) is 111 cm³/mol. The number of amides is 1. The number of aryl methyl sites for hydroxylation is 1. The fraction of sp³-hybridized carbons (Fsp3) is 0.0500. The van der Waals surface area contributed by atoms with Gasteiger partial charge in [-0.15, -0.1) is 10.6 Å². The van der Waals surface area contributed by atoms with E-state index in [1.54, 1.807) is 53.6 Å². The summed E-state index contributed by atoms with van der Waals surface area (Å²) in [6, 6.07) is 6.92. The average Bonchev–Trinajstić information content (AvgIpc) is 3.24. The van der Waals surface area contributed by atoms with Crippen LogP contribution < -0.4 is 5.32 Å². The van der Waals surface area contributed by atoms with Crippen molar-refractivity contribution >= 4 is 34.3 Å². The average molecular weight is 394 g/mol. The highest BCUT2D eigenvalue weighted by molar-refractivity contribution is 8.27. The third kappa shape index (κ3) is 3.61. The summed E-state index contributed by atoms with van der Waals surface area (Å²) in [6.07, 6.45) is 11.8. The number of anilines is 1. The van der Waals surface area contributed by atoms with E-state index in [9.17, 15) is 13.9 Å². The van der Waals surface area contributed by atoms with E-state index in [2.05, 4.69) is 15.4 Å². The zero-order valence-corrected chi connectivity index (χ0v) is 15.8. The van der Waals surface area contributed by atoms with Crippen LogP contribution in [0.15, 0.2) is 65.4 Å². The Kier molecular flexibility index (Phi) is 4.60. The van der Waals surface area contributed by atoms with Gasteiger partial charge in [-0.2, -0.15) is 5.10 Å². The maximum atomic E-state index is 12.3. The summed E-state index contributed by atoms with van der Waals surface area (Å²) in [5.41, 5.74) is 3.88. The Bertz CT molecular complexity index is 1120. The Morgan fingerprint density at radius 1 is 1.25 bits per heavy atom. The van der Waals surface area contributed by atoms with Gasteiger partial charge in [0.15, 0.2) is 0 Å². The summed E-state index contributed by atoms with van der Waals surface area (Å²) in [4.78, 5) is 16.9. The summed E-state index contributed by atoms with van der Waals surface area (Å²) in [5.74, 6) is -0.330. The molecule has 0 spiro atoms. The molecule has 28 heavy (non-hydrogen) atoms. The number of nitrogens with zero attached hydrogens (tertiary/aromatic N) is 3. The number of fused-ring (bicyclic) bond motifs is 1. The summed E-state index contributed by atoms with van der Waals surface area (Å²) < 4.78 is 21.7.